The Kier molecular flexibility index (Phi) is 6.53. The van der Waals surface area contributed by atoms with Gasteiger partial charge in [0.2, 0.25) is 5.91 Å². The van der Waals surface area contributed by atoms with Gasteiger partial charge in [0.25, 0.3) is 5.91 Å². The fraction of sp³-hybridized carbons (Fsp3) is 0.364. The lowest BCUT2D eigenvalue weighted by atomic mass is 10.1. The molecule has 148 valence electrons. The van der Waals surface area contributed by atoms with E-state index in [2.05, 4.69) is 10.6 Å². The number of carbonyl (C=O) groups is 2. The minimum absolute atomic E-state index is 0.0608. The van der Waals surface area contributed by atoms with Crippen LogP contribution in [0.25, 0.3) is 0 Å². The van der Waals surface area contributed by atoms with Crippen molar-refractivity contribution in [2.45, 2.75) is 33.1 Å². The van der Waals surface area contributed by atoms with Gasteiger partial charge in [-0.2, -0.15) is 0 Å². The van der Waals surface area contributed by atoms with Crippen LogP contribution in [0.3, 0.4) is 0 Å². The van der Waals surface area contributed by atoms with Crippen molar-refractivity contribution in [3.8, 4) is 11.5 Å². The summed E-state index contributed by atoms with van der Waals surface area (Å²) in [6, 6.07) is 12.3. The molecule has 2 aromatic carbocycles. The maximum absolute atomic E-state index is 12.6. The van der Waals surface area contributed by atoms with Crippen LogP contribution in [0.5, 0.6) is 11.5 Å². The third-order valence-corrected chi connectivity index (χ3v) is 4.33. The number of nitrogens with one attached hydrogen (secondary N) is 2. The number of rotatable bonds is 9. The van der Waals surface area contributed by atoms with E-state index in [0.717, 1.165) is 24.9 Å². The zero-order valence-corrected chi connectivity index (χ0v) is 16.3. The van der Waals surface area contributed by atoms with Crippen molar-refractivity contribution in [1.82, 2.24) is 0 Å². The van der Waals surface area contributed by atoms with Crippen LogP contribution in [-0.4, -0.2) is 25.0 Å². The summed E-state index contributed by atoms with van der Waals surface area (Å²) in [5, 5.41) is 5.74. The Bertz CT molecular complexity index is 829. The highest BCUT2D eigenvalue weighted by Gasteiger charge is 2.29. The van der Waals surface area contributed by atoms with Gasteiger partial charge >= 0.3 is 0 Å². The second-order valence-electron chi connectivity index (χ2n) is 6.74. The predicted molar refractivity (Wildman–Crippen MR) is 109 cm³/mol. The normalized spacial score (nSPS) is 12.9. The molecule has 28 heavy (non-hydrogen) atoms. The maximum atomic E-state index is 12.6. The van der Waals surface area contributed by atoms with E-state index in [1.165, 1.54) is 0 Å². The largest absolute Gasteiger partial charge is 0.490 e. The monoisotopic (exact) mass is 382 g/mol. The molecule has 0 heterocycles. The van der Waals surface area contributed by atoms with Crippen LogP contribution in [0.15, 0.2) is 42.5 Å². The number of hydrogen-bond acceptors (Lipinski definition) is 4. The first kappa shape index (κ1) is 19.7. The molecular weight excluding hydrogens is 356 g/mol. The van der Waals surface area contributed by atoms with Gasteiger partial charge in [0.15, 0.2) is 11.5 Å². The van der Waals surface area contributed by atoms with E-state index >= 15 is 0 Å². The van der Waals surface area contributed by atoms with Gasteiger partial charge in [0, 0.05) is 22.9 Å². The van der Waals surface area contributed by atoms with Crippen LogP contribution in [0, 0.1) is 5.92 Å². The molecular formula is C22H26N2O4. The second-order valence-corrected chi connectivity index (χ2v) is 6.74. The summed E-state index contributed by atoms with van der Waals surface area (Å²) in [4.78, 5) is 24.4. The number of anilines is 2. The van der Waals surface area contributed by atoms with Gasteiger partial charge in [0.05, 0.1) is 13.2 Å². The fourth-order valence-electron chi connectivity index (χ4n) is 2.68. The summed E-state index contributed by atoms with van der Waals surface area (Å²) in [5.74, 6) is 1.17. The smallest absolute Gasteiger partial charge is 0.255 e. The second kappa shape index (κ2) is 9.26. The van der Waals surface area contributed by atoms with Gasteiger partial charge in [-0.05, 0) is 68.7 Å². The molecule has 1 aliphatic carbocycles. The Labute approximate surface area is 165 Å². The molecule has 0 aliphatic heterocycles. The third kappa shape index (κ3) is 5.25. The van der Waals surface area contributed by atoms with Gasteiger partial charge in [-0.3, -0.25) is 9.59 Å². The summed E-state index contributed by atoms with van der Waals surface area (Å²) in [7, 11) is 0. The van der Waals surface area contributed by atoms with Crippen molar-refractivity contribution < 1.29 is 19.1 Å². The maximum Gasteiger partial charge on any atom is 0.255 e. The molecule has 0 bridgehead atoms. The number of amides is 2. The summed E-state index contributed by atoms with van der Waals surface area (Å²) >= 11 is 0. The summed E-state index contributed by atoms with van der Waals surface area (Å²) in [6.45, 7) is 5.00. The van der Waals surface area contributed by atoms with Crippen LogP contribution in [0.4, 0.5) is 11.4 Å². The Hall–Kier alpha value is -3.02. The molecule has 6 nitrogen and oxygen atoms in total. The highest BCUT2D eigenvalue weighted by atomic mass is 16.5. The van der Waals surface area contributed by atoms with E-state index in [-0.39, 0.29) is 17.7 Å². The van der Waals surface area contributed by atoms with Crippen LogP contribution in [0.2, 0.25) is 0 Å². The summed E-state index contributed by atoms with van der Waals surface area (Å²) in [6.07, 6.45) is 2.82. The topological polar surface area (TPSA) is 76.7 Å². The van der Waals surface area contributed by atoms with Crippen molar-refractivity contribution in [1.29, 1.82) is 0 Å². The van der Waals surface area contributed by atoms with Gasteiger partial charge < -0.3 is 20.1 Å². The number of hydrogen-bond donors (Lipinski definition) is 2. The zero-order chi connectivity index (χ0) is 19.9. The first-order valence-corrected chi connectivity index (χ1v) is 9.72. The van der Waals surface area contributed by atoms with Crippen molar-refractivity contribution in [3.63, 3.8) is 0 Å². The summed E-state index contributed by atoms with van der Waals surface area (Å²) in [5.41, 5.74) is 1.86. The molecule has 0 atom stereocenters. The third-order valence-electron chi connectivity index (χ3n) is 4.33. The van der Waals surface area contributed by atoms with Crippen LogP contribution in [-0.2, 0) is 4.79 Å². The van der Waals surface area contributed by atoms with E-state index in [1.54, 1.807) is 42.5 Å². The van der Waals surface area contributed by atoms with Crippen LogP contribution < -0.4 is 20.1 Å². The molecule has 2 aromatic rings. The van der Waals surface area contributed by atoms with E-state index in [1.807, 2.05) is 13.8 Å². The molecule has 0 unspecified atom stereocenters. The standard InChI is InChI=1S/C22H26N2O4/c1-3-13-28-19-12-7-16(14-20(19)27-4-2)22(26)24-18-10-8-17(9-11-18)23-21(25)15-5-6-15/h7-12,14-15H,3-6,13H2,1-2H3,(H,23,25)(H,24,26). The average Bonchev–Trinajstić information content (AvgIpc) is 3.54. The fourth-order valence-corrected chi connectivity index (χ4v) is 2.68. The van der Waals surface area contributed by atoms with Crippen LogP contribution >= 0.6 is 0 Å². The highest BCUT2D eigenvalue weighted by Crippen LogP contribution is 2.31. The van der Waals surface area contributed by atoms with Crippen LogP contribution in [0.1, 0.15) is 43.5 Å². The molecule has 0 spiro atoms. The van der Waals surface area contributed by atoms with E-state index in [4.69, 9.17) is 9.47 Å². The first-order valence-electron chi connectivity index (χ1n) is 9.72. The Morgan fingerprint density at radius 2 is 1.61 bits per heavy atom. The number of carbonyl (C=O) groups excluding carboxylic acids is 2. The highest BCUT2D eigenvalue weighted by molar-refractivity contribution is 6.04. The number of benzene rings is 2. The van der Waals surface area contributed by atoms with Gasteiger partial charge in [-0.15, -0.1) is 0 Å². The molecule has 3 rings (SSSR count). The van der Waals surface area contributed by atoms with Gasteiger partial charge in [-0.25, -0.2) is 0 Å². The minimum atomic E-state index is -0.238. The number of ether oxygens (including phenoxy) is 2. The van der Waals surface area contributed by atoms with E-state index in [9.17, 15) is 9.59 Å². The van der Waals surface area contributed by atoms with Gasteiger partial charge in [0.1, 0.15) is 0 Å². The van der Waals surface area contributed by atoms with Gasteiger partial charge in [-0.1, -0.05) is 6.92 Å². The molecule has 1 aliphatic rings. The van der Waals surface area contributed by atoms with E-state index in [0.29, 0.717) is 36.0 Å². The predicted octanol–water partition coefficient (Wildman–Crippen LogP) is 4.47. The molecule has 0 radical (unpaired) electrons. The lowest BCUT2D eigenvalue weighted by Gasteiger charge is -2.13. The molecule has 1 fully saturated rings. The molecule has 2 amide bonds. The van der Waals surface area contributed by atoms with E-state index < -0.39 is 0 Å². The molecule has 6 heteroatoms. The molecule has 0 aromatic heterocycles. The molecule has 0 saturated heterocycles. The first-order chi connectivity index (χ1) is 13.6. The van der Waals surface area contributed by atoms with Crippen molar-refractivity contribution in [2.24, 2.45) is 5.92 Å². The van der Waals surface area contributed by atoms with Crippen molar-refractivity contribution in [2.75, 3.05) is 23.8 Å². The summed E-state index contributed by atoms with van der Waals surface area (Å²) < 4.78 is 11.3. The zero-order valence-electron chi connectivity index (χ0n) is 16.3. The SMILES string of the molecule is CCCOc1ccc(C(=O)Nc2ccc(NC(=O)C3CC3)cc2)cc1OCC. The Morgan fingerprint density at radius 3 is 2.21 bits per heavy atom. The Balaban J connectivity index is 1.64. The minimum Gasteiger partial charge on any atom is -0.490 e. The lowest BCUT2D eigenvalue weighted by molar-refractivity contribution is -0.117. The molecule has 1 saturated carbocycles. The molecule has 2 N–H and O–H groups in total. The average molecular weight is 382 g/mol. The van der Waals surface area contributed by atoms with Crippen molar-refractivity contribution >= 4 is 23.2 Å². The Morgan fingerprint density at radius 1 is 0.929 bits per heavy atom. The lowest BCUT2D eigenvalue weighted by Crippen LogP contribution is -2.14. The quantitative estimate of drug-likeness (QED) is 0.671. The van der Waals surface area contributed by atoms with Crippen molar-refractivity contribution in [3.05, 3.63) is 48.0 Å².